The fraction of sp³-hybridized carbons (Fsp3) is 0.0769. The van der Waals surface area contributed by atoms with E-state index in [1.165, 1.54) is 10.8 Å². The van der Waals surface area contributed by atoms with Gasteiger partial charge in [-0.25, -0.2) is 4.21 Å². The van der Waals surface area contributed by atoms with Crippen molar-refractivity contribution in [3.05, 3.63) is 66.2 Å². The van der Waals surface area contributed by atoms with Crippen molar-refractivity contribution >= 4 is 20.6 Å². The molecule has 0 radical (unpaired) electrons. The molecule has 0 fully saturated rings. The smallest absolute Gasteiger partial charge is 0.0897 e. The molecular weight excluding hydrogens is 236 g/mol. The van der Waals surface area contributed by atoms with Crippen LogP contribution in [0.2, 0.25) is 0 Å². The second-order valence-electron chi connectivity index (χ2n) is 3.33. The minimum absolute atomic E-state index is 0.598. The van der Waals surface area contributed by atoms with Crippen LogP contribution < -0.4 is 0 Å². The van der Waals surface area contributed by atoms with E-state index >= 15 is 0 Å². The Hall–Kier alpha value is -1.06. The number of benzene rings is 2. The standard InChI is InChI=1S/C13H12OS2/c14-16(11-12-7-3-1-4-8-12)15-13-9-5-2-6-10-13/h1-10H,11H2. The van der Waals surface area contributed by atoms with Gasteiger partial charge in [-0.3, -0.25) is 0 Å². The van der Waals surface area contributed by atoms with Crippen LogP contribution in [0.3, 0.4) is 0 Å². The maximum atomic E-state index is 11.9. The highest BCUT2D eigenvalue weighted by Gasteiger charge is 2.03. The molecule has 1 atom stereocenters. The topological polar surface area (TPSA) is 17.1 Å². The van der Waals surface area contributed by atoms with Crippen molar-refractivity contribution in [2.24, 2.45) is 0 Å². The minimum atomic E-state index is -0.905. The average Bonchev–Trinajstić information content (AvgIpc) is 2.31. The van der Waals surface area contributed by atoms with E-state index in [2.05, 4.69) is 0 Å². The van der Waals surface area contributed by atoms with Gasteiger partial charge in [0.1, 0.15) is 0 Å². The van der Waals surface area contributed by atoms with Crippen LogP contribution >= 0.6 is 10.8 Å². The molecule has 0 aliphatic heterocycles. The molecule has 2 rings (SSSR count). The van der Waals surface area contributed by atoms with E-state index in [4.69, 9.17) is 0 Å². The van der Waals surface area contributed by atoms with Crippen molar-refractivity contribution in [3.8, 4) is 0 Å². The van der Waals surface area contributed by atoms with Crippen molar-refractivity contribution in [2.45, 2.75) is 10.6 Å². The number of hydrogen-bond acceptors (Lipinski definition) is 2. The second kappa shape index (κ2) is 5.87. The molecule has 0 spiro atoms. The average molecular weight is 248 g/mol. The van der Waals surface area contributed by atoms with Gasteiger partial charge >= 0.3 is 0 Å². The zero-order valence-corrected chi connectivity index (χ0v) is 10.3. The lowest BCUT2D eigenvalue weighted by atomic mass is 10.2. The van der Waals surface area contributed by atoms with Crippen LogP contribution in [0.4, 0.5) is 0 Å². The first-order chi connectivity index (χ1) is 7.84. The van der Waals surface area contributed by atoms with Gasteiger partial charge in [-0.05, 0) is 28.5 Å². The fourth-order valence-corrected chi connectivity index (χ4v) is 3.89. The highest BCUT2D eigenvalue weighted by atomic mass is 33.1. The third kappa shape index (κ3) is 3.51. The molecule has 0 heterocycles. The Bertz CT molecular complexity index is 410. The summed E-state index contributed by atoms with van der Waals surface area (Å²) in [6.45, 7) is 0. The van der Waals surface area contributed by atoms with Crippen LogP contribution in [0, 0.1) is 0 Å². The molecular formula is C13H12OS2. The molecule has 0 aromatic heterocycles. The van der Waals surface area contributed by atoms with Crippen LogP contribution in [0.1, 0.15) is 5.56 Å². The molecule has 0 saturated heterocycles. The van der Waals surface area contributed by atoms with Gasteiger partial charge in [-0.2, -0.15) is 0 Å². The first kappa shape index (κ1) is 11.4. The summed E-state index contributed by atoms with van der Waals surface area (Å²) in [5.74, 6) is 0.598. The molecule has 3 heteroatoms. The molecule has 82 valence electrons. The molecule has 0 aliphatic carbocycles. The van der Waals surface area contributed by atoms with Crippen LogP contribution in [-0.4, -0.2) is 4.21 Å². The molecule has 1 unspecified atom stereocenters. The summed E-state index contributed by atoms with van der Waals surface area (Å²) in [5, 5.41) is 0. The van der Waals surface area contributed by atoms with Crippen LogP contribution in [0.25, 0.3) is 0 Å². The molecule has 0 amide bonds. The van der Waals surface area contributed by atoms with Gasteiger partial charge in [0.2, 0.25) is 0 Å². The Kier molecular flexibility index (Phi) is 4.19. The predicted molar refractivity (Wildman–Crippen MR) is 70.6 cm³/mol. The lowest BCUT2D eigenvalue weighted by Gasteiger charge is -2.01. The zero-order valence-electron chi connectivity index (χ0n) is 8.71. The summed E-state index contributed by atoms with van der Waals surface area (Å²) < 4.78 is 11.9. The van der Waals surface area contributed by atoms with Gasteiger partial charge in [0.15, 0.2) is 0 Å². The molecule has 0 saturated carbocycles. The van der Waals surface area contributed by atoms with Crippen LogP contribution in [0.15, 0.2) is 65.6 Å². The van der Waals surface area contributed by atoms with E-state index in [1.807, 2.05) is 60.7 Å². The van der Waals surface area contributed by atoms with Crippen molar-refractivity contribution in [2.75, 3.05) is 0 Å². The lowest BCUT2D eigenvalue weighted by molar-refractivity contribution is 0.691. The largest absolute Gasteiger partial charge is 0.247 e. The van der Waals surface area contributed by atoms with E-state index in [9.17, 15) is 4.21 Å². The molecule has 2 aromatic rings. The Labute approximate surface area is 102 Å². The third-order valence-electron chi connectivity index (χ3n) is 2.06. The number of hydrogen-bond donors (Lipinski definition) is 0. The fourth-order valence-electron chi connectivity index (χ4n) is 1.32. The zero-order chi connectivity index (χ0) is 11.2. The van der Waals surface area contributed by atoms with Gasteiger partial charge < -0.3 is 0 Å². The van der Waals surface area contributed by atoms with Gasteiger partial charge in [0.25, 0.3) is 0 Å². The summed E-state index contributed by atoms with van der Waals surface area (Å²) in [7, 11) is 0.505. The van der Waals surface area contributed by atoms with Crippen LogP contribution in [0.5, 0.6) is 0 Å². The summed E-state index contributed by atoms with van der Waals surface area (Å²) in [6.07, 6.45) is 0. The van der Waals surface area contributed by atoms with Crippen molar-refractivity contribution in [1.82, 2.24) is 0 Å². The van der Waals surface area contributed by atoms with Gasteiger partial charge in [0, 0.05) is 4.90 Å². The van der Waals surface area contributed by atoms with E-state index in [0.29, 0.717) is 5.75 Å². The molecule has 0 bridgehead atoms. The van der Waals surface area contributed by atoms with E-state index in [1.54, 1.807) is 0 Å². The Morgan fingerprint density at radius 2 is 1.44 bits per heavy atom. The molecule has 16 heavy (non-hydrogen) atoms. The maximum absolute atomic E-state index is 11.9. The normalized spacial score (nSPS) is 12.2. The SMILES string of the molecule is O=S(Cc1ccccc1)Sc1ccccc1. The molecule has 1 nitrogen and oxygen atoms in total. The van der Waals surface area contributed by atoms with Gasteiger partial charge in [0.05, 0.1) is 15.6 Å². The Morgan fingerprint density at radius 3 is 2.06 bits per heavy atom. The van der Waals surface area contributed by atoms with Crippen molar-refractivity contribution < 1.29 is 4.21 Å². The lowest BCUT2D eigenvalue weighted by Crippen LogP contribution is -1.89. The second-order valence-corrected chi connectivity index (χ2v) is 6.48. The summed E-state index contributed by atoms with van der Waals surface area (Å²) >= 11 is 0. The summed E-state index contributed by atoms with van der Waals surface area (Å²) in [5.41, 5.74) is 1.12. The quantitative estimate of drug-likeness (QED) is 0.768. The van der Waals surface area contributed by atoms with E-state index in [0.717, 1.165) is 10.5 Å². The predicted octanol–water partition coefficient (Wildman–Crippen LogP) is 3.64. The van der Waals surface area contributed by atoms with E-state index < -0.39 is 9.83 Å². The Morgan fingerprint density at radius 1 is 0.875 bits per heavy atom. The minimum Gasteiger partial charge on any atom is -0.247 e. The molecule has 0 N–H and O–H groups in total. The van der Waals surface area contributed by atoms with Crippen LogP contribution in [-0.2, 0) is 15.6 Å². The summed E-state index contributed by atoms with van der Waals surface area (Å²) in [6, 6.07) is 19.8. The molecule has 0 aliphatic rings. The first-order valence-electron chi connectivity index (χ1n) is 5.00. The highest BCUT2D eigenvalue weighted by molar-refractivity contribution is 8.68. The van der Waals surface area contributed by atoms with Crippen molar-refractivity contribution in [1.29, 1.82) is 0 Å². The van der Waals surface area contributed by atoms with Crippen molar-refractivity contribution in [3.63, 3.8) is 0 Å². The molecule has 2 aromatic carbocycles. The highest BCUT2D eigenvalue weighted by Crippen LogP contribution is 2.23. The summed E-state index contributed by atoms with van der Waals surface area (Å²) in [4.78, 5) is 1.05. The third-order valence-corrected chi connectivity index (χ3v) is 4.77. The Balaban J connectivity index is 1.95. The number of rotatable bonds is 4. The van der Waals surface area contributed by atoms with Gasteiger partial charge in [-0.15, -0.1) is 0 Å². The first-order valence-corrected chi connectivity index (χ1v) is 7.65. The monoisotopic (exact) mass is 248 g/mol. The van der Waals surface area contributed by atoms with E-state index in [-0.39, 0.29) is 0 Å². The maximum Gasteiger partial charge on any atom is 0.0897 e. The van der Waals surface area contributed by atoms with Gasteiger partial charge in [-0.1, -0.05) is 48.5 Å².